The van der Waals surface area contributed by atoms with Crippen molar-refractivity contribution in [2.75, 3.05) is 38.6 Å². The number of piperidine rings is 1. The molecule has 9 heteroatoms. The summed E-state index contributed by atoms with van der Waals surface area (Å²) in [6, 6.07) is 1.23. The average molecular weight is 435 g/mol. The Balaban J connectivity index is 1.71. The van der Waals surface area contributed by atoms with Gasteiger partial charge in [0, 0.05) is 36.9 Å². The maximum atomic E-state index is 14.9. The maximum Gasteiger partial charge on any atom is 0.341 e. The molecule has 4 rings (SSSR count). The molecular formula is C21H24ClFN4O3. The number of aromatic carboxylic acids is 1. The summed E-state index contributed by atoms with van der Waals surface area (Å²) in [6.45, 7) is 1.84. The molecule has 1 aliphatic carbocycles. The monoisotopic (exact) mass is 434 g/mol. The van der Waals surface area contributed by atoms with Crippen LogP contribution in [0.5, 0.6) is 0 Å². The number of likely N-dealkylation sites (N-methyl/N-ethyl adjacent to an activating group) is 1. The molecule has 0 radical (unpaired) electrons. The maximum absolute atomic E-state index is 14.9. The van der Waals surface area contributed by atoms with Crippen LogP contribution in [0.2, 0.25) is 0 Å². The van der Waals surface area contributed by atoms with E-state index in [1.807, 2.05) is 23.9 Å². The number of hydrogen-bond acceptors (Lipinski definition) is 5. The summed E-state index contributed by atoms with van der Waals surface area (Å²) in [4.78, 5) is 32.4. The molecule has 1 N–H and O–H groups in total. The molecule has 2 aliphatic rings. The highest BCUT2D eigenvalue weighted by molar-refractivity contribution is 6.30. The molecule has 1 saturated heterocycles. The summed E-state index contributed by atoms with van der Waals surface area (Å²) in [5, 5.41) is 10.2. The van der Waals surface area contributed by atoms with Crippen molar-refractivity contribution >= 4 is 34.4 Å². The Bertz CT molecular complexity index is 1100. The van der Waals surface area contributed by atoms with Gasteiger partial charge in [-0.05, 0) is 45.8 Å². The average Bonchev–Trinajstić information content (AvgIpc) is 3.53. The van der Waals surface area contributed by atoms with Gasteiger partial charge in [-0.1, -0.05) is 17.2 Å². The van der Waals surface area contributed by atoms with E-state index in [0.29, 0.717) is 25.3 Å². The standard InChI is InChI=1S/C21H24ClFN4O3/c1-25(2)11-16(22)12-5-7-26(8-6-12)20-17(23)9-14-18(28)15(21(29)30)10-27(13-3-4-13)19(14)24-20/h9-10,13H,3-8,11H2,1-2H3,(H,29,30). The van der Waals surface area contributed by atoms with Gasteiger partial charge < -0.3 is 19.5 Å². The molecule has 0 atom stereocenters. The lowest BCUT2D eigenvalue weighted by molar-refractivity contribution is 0.0695. The van der Waals surface area contributed by atoms with Gasteiger partial charge in [0.1, 0.15) is 11.2 Å². The molecule has 1 aliphatic heterocycles. The Labute approximate surface area is 178 Å². The Hall–Kier alpha value is -2.45. The van der Waals surface area contributed by atoms with E-state index in [2.05, 4.69) is 4.98 Å². The minimum absolute atomic E-state index is 0.00896. The van der Waals surface area contributed by atoms with Crippen LogP contribution in [0.3, 0.4) is 0 Å². The summed E-state index contributed by atoms with van der Waals surface area (Å²) in [5.74, 6) is -1.73. The first kappa shape index (κ1) is 20.8. The van der Waals surface area contributed by atoms with Crippen LogP contribution in [-0.4, -0.2) is 59.3 Å². The predicted octanol–water partition coefficient (Wildman–Crippen LogP) is 3.22. The van der Waals surface area contributed by atoms with Crippen molar-refractivity contribution in [3.05, 3.63) is 44.5 Å². The van der Waals surface area contributed by atoms with E-state index in [4.69, 9.17) is 11.6 Å². The lowest BCUT2D eigenvalue weighted by Gasteiger charge is -2.31. The molecule has 2 fully saturated rings. The first-order chi connectivity index (χ1) is 14.3. The number of anilines is 1. The van der Waals surface area contributed by atoms with E-state index < -0.39 is 17.2 Å². The third-order valence-electron chi connectivity index (χ3n) is 5.62. The van der Waals surface area contributed by atoms with Crippen LogP contribution < -0.4 is 10.3 Å². The number of nitrogens with zero attached hydrogens (tertiary/aromatic N) is 4. The van der Waals surface area contributed by atoms with Gasteiger partial charge in [0.15, 0.2) is 11.6 Å². The number of fused-ring (bicyclic) bond motifs is 1. The summed E-state index contributed by atoms with van der Waals surface area (Å²) in [6.07, 6.45) is 4.55. The highest BCUT2D eigenvalue weighted by Crippen LogP contribution is 2.37. The van der Waals surface area contributed by atoms with Gasteiger partial charge in [-0.25, -0.2) is 14.2 Å². The normalized spacial score (nSPS) is 17.1. The van der Waals surface area contributed by atoms with Crippen LogP contribution in [0.25, 0.3) is 11.0 Å². The van der Waals surface area contributed by atoms with Crippen molar-refractivity contribution in [2.24, 2.45) is 0 Å². The smallest absolute Gasteiger partial charge is 0.341 e. The fraction of sp³-hybridized carbons (Fsp3) is 0.476. The van der Waals surface area contributed by atoms with Crippen LogP contribution in [0, 0.1) is 5.82 Å². The van der Waals surface area contributed by atoms with E-state index in [1.165, 1.54) is 11.8 Å². The van der Waals surface area contributed by atoms with Gasteiger partial charge >= 0.3 is 5.97 Å². The molecule has 2 aromatic heterocycles. The second-order valence-electron chi connectivity index (χ2n) is 8.21. The predicted molar refractivity (Wildman–Crippen MR) is 114 cm³/mol. The molecule has 0 amide bonds. The van der Waals surface area contributed by atoms with Gasteiger partial charge in [0.05, 0.1) is 5.39 Å². The number of halogens is 2. The third kappa shape index (κ3) is 3.94. The van der Waals surface area contributed by atoms with E-state index in [0.717, 1.165) is 36.8 Å². The van der Waals surface area contributed by atoms with E-state index in [-0.39, 0.29) is 22.8 Å². The number of rotatable bonds is 5. The van der Waals surface area contributed by atoms with Crippen LogP contribution in [0.1, 0.15) is 42.1 Å². The van der Waals surface area contributed by atoms with Crippen molar-refractivity contribution in [3.63, 3.8) is 0 Å². The number of pyridine rings is 2. The topological polar surface area (TPSA) is 78.7 Å². The summed E-state index contributed by atoms with van der Waals surface area (Å²) in [5.41, 5.74) is 0.456. The van der Waals surface area contributed by atoms with E-state index in [9.17, 15) is 19.1 Å². The second kappa shape index (κ2) is 8.00. The zero-order valence-electron chi connectivity index (χ0n) is 17.0. The van der Waals surface area contributed by atoms with Gasteiger partial charge in [-0.15, -0.1) is 0 Å². The molecule has 2 aromatic rings. The minimum Gasteiger partial charge on any atom is -0.477 e. The number of carbonyl (C=O) groups is 1. The number of hydrogen-bond donors (Lipinski definition) is 1. The molecular weight excluding hydrogens is 411 g/mol. The zero-order valence-corrected chi connectivity index (χ0v) is 17.7. The molecule has 30 heavy (non-hydrogen) atoms. The first-order valence-electron chi connectivity index (χ1n) is 10.0. The van der Waals surface area contributed by atoms with Gasteiger partial charge in [-0.2, -0.15) is 0 Å². The third-order valence-corrected chi connectivity index (χ3v) is 6.00. The van der Waals surface area contributed by atoms with Crippen molar-refractivity contribution in [3.8, 4) is 0 Å². The number of carboxylic acids is 1. The lowest BCUT2D eigenvalue weighted by atomic mass is 10.0. The molecule has 3 heterocycles. The van der Waals surface area contributed by atoms with Crippen LogP contribution >= 0.6 is 11.6 Å². The summed E-state index contributed by atoms with van der Waals surface area (Å²) >= 11 is 6.42. The van der Waals surface area contributed by atoms with Gasteiger partial charge in [-0.3, -0.25) is 4.79 Å². The van der Waals surface area contributed by atoms with Crippen molar-refractivity contribution in [1.82, 2.24) is 14.5 Å². The number of aromatic nitrogens is 2. The van der Waals surface area contributed by atoms with Gasteiger partial charge in [0.25, 0.3) is 0 Å². The first-order valence-corrected chi connectivity index (χ1v) is 10.4. The van der Waals surface area contributed by atoms with Gasteiger partial charge in [0.2, 0.25) is 5.43 Å². The molecule has 7 nitrogen and oxygen atoms in total. The quantitative estimate of drug-likeness (QED) is 0.778. The molecule has 160 valence electrons. The van der Waals surface area contributed by atoms with E-state index in [1.54, 1.807) is 4.57 Å². The SMILES string of the molecule is CN(C)CC(Cl)=C1CCN(c2nc3c(cc2F)c(=O)c(C(=O)O)cn3C2CC2)CC1. The highest BCUT2D eigenvalue weighted by Gasteiger charge is 2.29. The number of carboxylic acid groups (broad SMARTS) is 1. The van der Waals surface area contributed by atoms with Crippen LogP contribution in [0.15, 0.2) is 27.7 Å². The largest absolute Gasteiger partial charge is 0.477 e. The summed E-state index contributed by atoms with van der Waals surface area (Å²) < 4.78 is 16.7. The van der Waals surface area contributed by atoms with Crippen molar-refractivity contribution in [1.29, 1.82) is 0 Å². The second-order valence-corrected chi connectivity index (χ2v) is 8.67. The minimum atomic E-state index is -1.31. The zero-order chi connectivity index (χ0) is 21.6. The highest BCUT2D eigenvalue weighted by atomic mass is 35.5. The van der Waals surface area contributed by atoms with Crippen LogP contribution in [0.4, 0.5) is 10.2 Å². The van der Waals surface area contributed by atoms with E-state index >= 15 is 0 Å². The molecule has 0 aromatic carbocycles. The molecule has 1 saturated carbocycles. The van der Waals surface area contributed by atoms with Crippen molar-refractivity contribution in [2.45, 2.75) is 31.7 Å². The van der Waals surface area contributed by atoms with Crippen molar-refractivity contribution < 1.29 is 14.3 Å². The fourth-order valence-corrected chi connectivity index (χ4v) is 4.32. The fourth-order valence-electron chi connectivity index (χ4n) is 3.89. The Morgan fingerprint density at radius 1 is 1.33 bits per heavy atom. The Morgan fingerprint density at radius 2 is 2.00 bits per heavy atom. The summed E-state index contributed by atoms with van der Waals surface area (Å²) in [7, 11) is 3.92. The molecule has 0 unspecified atom stereocenters. The Morgan fingerprint density at radius 3 is 2.57 bits per heavy atom. The molecule has 0 spiro atoms. The molecule has 0 bridgehead atoms. The van der Waals surface area contributed by atoms with Crippen LogP contribution in [-0.2, 0) is 0 Å². The Kier molecular flexibility index (Phi) is 5.55. The lowest BCUT2D eigenvalue weighted by Crippen LogP contribution is -2.33.